The van der Waals surface area contributed by atoms with Crippen LogP contribution in [0, 0.1) is 0 Å². The normalized spacial score (nSPS) is 12.1. The minimum absolute atomic E-state index is 0.0828. The third-order valence-corrected chi connectivity index (χ3v) is 1.91. The SMILES string of the molecule is CCC[C@H](NC(=O)Cn1cnnn1)C(=O)O. The number of carboxylic acids is 1. The second-order valence-corrected chi connectivity index (χ2v) is 3.25. The van der Waals surface area contributed by atoms with Gasteiger partial charge in [0.2, 0.25) is 5.91 Å². The topological polar surface area (TPSA) is 110 Å². The van der Waals surface area contributed by atoms with E-state index in [0.717, 1.165) is 0 Å². The summed E-state index contributed by atoms with van der Waals surface area (Å²) in [6, 6.07) is -0.853. The fourth-order valence-corrected chi connectivity index (χ4v) is 1.19. The predicted octanol–water partition coefficient (Wildman–Crippen LogP) is -0.957. The Kier molecular flexibility index (Phi) is 4.37. The smallest absolute Gasteiger partial charge is 0.326 e. The van der Waals surface area contributed by atoms with E-state index in [1.165, 1.54) is 11.0 Å². The van der Waals surface area contributed by atoms with Crippen LogP contribution in [0.1, 0.15) is 19.8 Å². The Morgan fingerprint density at radius 3 is 2.81 bits per heavy atom. The largest absolute Gasteiger partial charge is 0.480 e. The van der Waals surface area contributed by atoms with Crippen molar-refractivity contribution in [3.05, 3.63) is 6.33 Å². The molecule has 0 unspecified atom stereocenters. The lowest BCUT2D eigenvalue weighted by Gasteiger charge is -2.12. The third-order valence-electron chi connectivity index (χ3n) is 1.91. The van der Waals surface area contributed by atoms with E-state index < -0.39 is 17.9 Å². The molecule has 0 bridgehead atoms. The predicted molar refractivity (Wildman–Crippen MR) is 52.3 cm³/mol. The Morgan fingerprint density at radius 2 is 2.31 bits per heavy atom. The molecule has 1 amide bonds. The molecule has 0 aromatic carbocycles. The standard InChI is InChI=1S/C8H13N5O3/c1-2-3-6(8(15)16)10-7(14)4-13-5-9-11-12-13/h5-6H,2-4H2,1H3,(H,10,14)(H,15,16)/t6-/m0/s1. The minimum atomic E-state index is -1.04. The number of aromatic nitrogens is 4. The van der Waals surface area contributed by atoms with Gasteiger partial charge in [-0.25, -0.2) is 9.48 Å². The van der Waals surface area contributed by atoms with E-state index in [1.807, 2.05) is 6.92 Å². The van der Waals surface area contributed by atoms with E-state index in [2.05, 4.69) is 20.8 Å². The Bertz CT molecular complexity index is 351. The molecule has 0 saturated heterocycles. The highest BCUT2D eigenvalue weighted by atomic mass is 16.4. The number of rotatable bonds is 6. The van der Waals surface area contributed by atoms with Crippen molar-refractivity contribution < 1.29 is 14.7 Å². The summed E-state index contributed by atoms with van der Waals surface area (Å²) in [7, 11) is 0. The Labute approximate surface area is 91.6 Å². The molecule has 0 aliphatic rings. The van der Waals surface area contributed by atoms with Crippen molar-refractivity contribution in [3.63, 3.8) is 0 Å². The van der Waals surface area contributed by atoms with Gasteiger partial charge in [0.15, 0.2) is 0 Å². The molecule has 8 nitrogen and oxygen atoms in total. The van der Waals surface area contributed by atoms with Crippen LogP contribution in [0.25, 0.3) is 0 Å². The number of hydrogen-bond acceptors (Lipinski definition) is 5. The van der Waals surface area contributed by atoms with E-state index in [-0.39, 0.29) is 6.54 Å². The van der Waals surface area contributed by atoms with Crippen LogP contribution in [0.3, 0.4) is 0 Å². The molecule has 0 saturated carbocycles. The first kappa shape index (κ1) is 12.1. The molecule has 0 fully saturated rings. The second-order valence-electron chi connectivity index (χ2n) is 3.25. The maximum atomic E-state index is 11.4. The molecule has 0 spiro atoms. The van der Waals surface area contributed by atoms with Crippen molar-refractivity contribution in [2.24, 2.45) is 0 Å². The first-order valence-electron chi connectivity index (χ1n) is 4.86. The van der Waals surface area contributed by atoms with Gasteiger partial charge in [0.05, 0.1) is 0 Å². The summed E-state index contributed by atoms with van der Waals surface area (Å²) >= 11 is 0. The molecule has 88 valence electrons. The molecular formula is C8H13N5O3. The van der Waals surface area contributed by atoms with Gasteiger partial charge in [0.25, 0.3) is 0 Å². The number of nitrogens with one attached hydrogen (secondary N) is 1. The van der Waals surface area contributed by atoms with E-state index in [4.69, 9.17) is 5.11 Å². The van der Waals surface area contributed by atoms with Crippen molar-refractivity contribution in [2.75, 3.05) is 0 Å². The zero-order valence-electron chi connectivity index (χ0n) is 8.83. The lowest BCUT2D eigenvalue weighted by molar-refractivity contribution is -0.142. The second kappa shape index (κ2) is 5.79. The first-order chi connectivity index (χ1) is 7.63. The summed E-state index contributed by atoms with van der Waals surface area (Å²) < 4.78 is 1.22. The number of carboxylic acid groups (broad SMARTS) is 1. The van der Waals surface area contributed by atoms with Crippen LogP contribution >= 0.6 is 0 Å². The number of carbonyl (C=O) groups excluding carboxylic acids is 1. The van der Waals surface area contributed by atoms with Crippen molar-refractivity contribution in [3.8, 4) is 0 Å². The number of carbonyl (C=O) groups is 2. The van der Waals surface area contributed by atoms with E-state index in [1.54, 1.807) is 0 Å². The monoisotopic (exact) mass is 227 g/mol. The molecular weight excluding hydrogens is 214 g/mol. The maximum Gasteiger partial charge on any atom is 0.326 e. The van der Waals surface area contributed by atoms with Gasteiger partial charge in [-0.2, -0.15) is 0 Å². The Balaban J connectivity index is 2.45. The highest BCUT2D eigenvalue weighted by Gasteiger charge is 2.18. The van der Waals surface area contributed by atoms with Gasteiger partial charge in [-0.15, -0.1) is 5.10 Å². The molecule has 1 heterocycles. The highest BCUT2D eigenvalue weighted by molar-refractivity contribution is 5.83. The van der Waals surface area contributed by atoms with E-state index in [0.29, 0.717) is 12.8 Å². The van der Waals surface area contributed by atoms with Crippen LogP contribution in [0.4, 0.5) is 0 Å². The van der Waals surface area contributed by atoms with Gasteiger partial charge in [0.1, 0.15) is 18.9 Å². The van der Waals surface area contributed by atoms with Crippen molar-refractivity contribution in [2.45, 2.75) is 32.4 Å². The average Bonchev–Trinajstić information content (AvgIpc) is 2.69. The lowest BCUT2D eigenvalue weighted by atomic mass is 10.2. The molecule has 0 aliphatic heterocycles. The first-order valence-corrected chi connectivity index (χ1v) is 4.86. The van der Waals surface area contributed by atoms with Gasteiger partial charge in [-0.1, -0.05) is 13.3 Å². The summed E-state index contributed by atoms with van der Waals surface area (Å²) in [6.45, 7) is 1.77. The van der Waals surface area contributed by atoms with Gasteiger partial charge in [0, 0.05) is 0 Å². The molecule has 0 radical (unpaired) electrons. The third kappa shape index (κ3) is 3.64. The molecule has 0 aliphatic carbocycles. The van der Waals surface area contributed by atoms with Crippen LogP contribution < -0.4 is 5.32 Å². The quantitative estimate of drug-likeness (QED) is 0.647. The van der Waals surface area contributed by atoms with Crippen LogP contribution in [0.5, 0.6) is 0 Å². The zero-order chi connectivity index (χ0) is 12.0. The summed E-state index contributed by atoms with van der Waals surface area (Å²) in [5, 5.41) is 21.4. The maximum absolute atomic E-state index is 11.4. The number of hydrogen-bond donors (Lipinski definition) is 2. The van der Waals surface area contributed by atoms with E-state index >= 15 is 0 Å². The average molecular weight is 227 g/mol. The fourth-order valence-electron chi connectivity index (χ4n) is 1.19. The zero-order valence-corrected chi connectivity index (χ0v) is 8.83. The summed E-state index contributed by atoms with van der Waals surface area (Å²) in [5.74, 6) is -1.46. The van der Waals surface area contributed by atoms with Crippen LogP contribution in [-0.2, 0) is 16.1 Å². The summed E-state index contributed by atoms with van der Waals surface area (Å²) in [6.07, 6.45) is 2.37. The van der Waals surface area contributed by atoms with Crippen molar-refractivity contribution >= 4 is 11.9 Å². The van der Waals surface area contributed by atoms with Gasteiger partial charge >= 0.3 is 5.97 Å². The molecule has 2 N–H and O–H groups in total. The summed E-state index contributed by atoms with van der Waals surface area (Å²) in [4.78, 5) is 22.2. The van der Waals surface area contributed by atoms with Crippen molar-refractivity contribution in [1.29, 1.82) is 0 Å². The molecule has 1 rings (SSSR count). The van der Waals surface area contributed by atoms with Crippen molar-refractivity contribution in [1.82, 2.24) is 25.5 Å². The molecule has 1 aromatic heterocycles. The Hall–Kier alpha value is -1.99. The van der Waals surface area contributed by atoms with E-state index in [9.17, 15) is 9.59 Å². The highest BCUT2D eigenvalue weighted by Crippen LogP contribution is 1.96. The van der Waals surface area contributed by atoms with Crippen LogP contribution in [-0.4, -0.2) is 43.2 Å². The molecule has 1 aromatic rings. The van der Waals surface area contributed by atoms with Crippen LogP contribution in [0.2, 0.25) is 0 Å². The molecule has 1 atom stereocenters. The summed E-state index contributed by atoms with van der Waals surface area (Å²) in [5.41, 5.74) is 0. The fraction of sp³-hybridized carbons (Fsp3) is 0.625. The number of amides is 1. The minimum Gasteiger partial charge on any atom is -0.480 e. The lowest BCUT2D eigenvalue weighted by Crippen LogP contribution is -2.42. The number of tetrazole rings is 1. The molecule has 16 heavy (non-hydrogen) atoms. The van der Waals surface area contributed by atoms with Crippen LogP contribution in [0.15, 0.2) is 6.33 Å². The molecule has 8 heteroatoms. The van der Waals surface area contributed by atoms with Gasteiger partial charge in [-0.3, -0.25) is 4.79 Å². The number of aliphatic carboxylic acids is 1. The van der Waals surface area contributed by atoms with Gasteiger partial charge < -0.3 is 10.4 Å². The van der Waals surface area contributed by atoms with Gasteiger partial charge in [-0.05, 0) is 16.8 Å². The number of nitrogens with zero attached hydrogens (tertiary/aromatic N) is 4. The Morgan fingerprint density at radius 1 is 1.56 bits per heavy atom.